The smallest absolute Gasteiger partial charge is 0.180 e. The van der Waals surface area contributed by atoms with Gasteiger partial charge in [-0.25, -0.2) is 9.97 Å². The number of hydrogen-bond donors (Lipinski definition) is 0. The topological polar surface area (TPSA) is 64.3 Å². The number of thioether (sulfide) groups is 1. The summed E-state index contributed by atoms with van der Waals surface area (Å²) in [4.78, 5) is 16.1. The van der Waals surface area contributed by atoms with Crippen LogP contribution in [0.25, 0.3) is 11.5 Å². The van der Waals surface area contributed by atoms with Gasteiger partial charge in [-0.2, -0.15) is 0 Å². The Hall–Kier alpha value is -2.38. The van der Waals surface area contributed by atoms with Gasteiger partial charge in [0.2, 0.25) is 0 Å². The fraction of sp³-hybridized carbons (Fsp3) is 0.316. The van der Waals surface area contributed by atoms with Crippen LogP contribution in [-0.4, -0.2) is 41.3 Å². The Balaban J connectivity index is 1.57. The van der Waals surface area contributed by atoms with Crippen molar-refractivity contribution in [2.24, 2.45) is 0 Å². The Morgan fingerprint density at radius 1 is 1.04 bits per heavy atom. The van der Waals surface area contributed by atoms with E-state index in [1.165, 1.54) is 0 Å². The third kappa shape index (κ3) is 4.23. The molecule has 0 N–H and O–H groups in total. The molecule has 1 aliphatic rings. The van der Waals surface area contributed by atoms with Crippen molar-refractivity contribution >= 4 is 17.6 Å². The van der Waals surface area contributed by atoms with Crippen LogP contribution in [0.3, 0.4) is 0 Å². The Morgan fingerprint density at radius 2 is 1.96 bits per heavy atom. The van der Waals surface area contributed by atoms with Crippen molar-refractivity contribution in [3.8, 4) is 11.5 Å². The number of pyridine rings is 1. The van der Waals surface area contributed by atoms with Crippen molar-refractivity contribution in [1.29, 1.82) is 0 Å². The van der Waals surface area contributed by atoms with Gasteiger partial charge in [0.25, 0.3) is 0 Å². The van der Waals surface area contributed by atoms with Crippen LogP contribution in [0.2, 0.25) is 0 Å². The van der Waals surface area contributed by atoms with E-state index in [9.17, 15) is 0 Å². The highest BCUT2D eigenvalue weighted by molar-refractivity contribution is 7.97. The monoisotopic (exact) mass is 368 g/mol. The highest BCUT2D eigenvalue weighted by Gasteiger charge is 2.16. The summed E-state index contributed by atoms with van der Waals surface area (Å²) in [5.41, 5.74) is 1.79. The van der Waals surface area contributed by atoms with E-state index in [-0.39, 0.29) is 0 Å². The van der Waals surface area contributed by atoms with Crippen LogP contribution < -0.4 is 4.90 Å². The number of aromatic nitrogens is 3. The molecule has 0 amide bonds. The lowest BCUT2D eigenvalue weighted by molar-refractivity contribution is 0.122. The fourth-order valence-electron chi connectivity index (χ4n) is 2.77. The summed E-state index contributed by atoms with van der Waals surface area (Å²) in [6.45, 7) is 3.15. The van der Waals surface area contributed by atoms with E-state index >= 15 is 0 Å². The van der Waals surface area contributed by atoms with Crippen molar-refractivity contribution in [3.63, 3.8) is 0 Å². The maximum absolute atomic E-state index is 5.46. The van der Waals surface area contributed by atoms with E-state index in [0.717, 1.165) is 60.8 Å². The Labute approximate surface area is 156 Å². The molecule has 26 heavy (non-hydrogen) atoms. The quantitative estimate of drug-likeness (QED) is 0.661. The first kappa shape index (κ1) is 17.1. The van der Waals surface area contributed by atoms with Gasteiger partial charge in [0.1, 0.15) is 17.3 Å². The third-order valence-electron chi connectivity index (χ3n) is 4.07. The van der Waals surface area contributed by atoms with Crippen LogP contribution in [0.1, 0.15) is 11.5 Å². The largest absolute Gasteiger partial charge is 0.468 e. The molecule has 7 heteroatoms. The van der Waals surface area contributed by atoms with Crippen molar-refractivity contribution in [2.45, 2.75) is 11.5 Å². The van der Waals surface area contributed by atoms with Gasteiger partial charge in [-0.1, -0.05) is 6.07 Å². The standard InChI is InChI=1S/C19H20N4O2S/c1-2-6-20-17(5-1)19-21-15(13-26-14-16-4-3-9-25-16)12-18(22-19)23-7-10-24-11-8-23/h1-6,9,12H,7-8,10-11,13-14H2. The van der Waals surface area contributed by atoms with Crippen LogP contribution in [0, 0.1) is 0 Å². The van der Waals surface area contributed by atoms with Crippen molar-refractivity contribution in [3.05, 3.63) is 60.3 Å². The van der Waals surface area contributed by atoms with Crippen molar-refractivity contribution in [1.82, 2.24) is 15.0 Å². The number of ether oxygens (including phenoxy) is 1. The molecule has 0 saturated carbocycles. The van der Waals surface area contributed by atoms with Crippen LogP contribution in [-0.2, 0) is 16.2 Å². The maximum atomic E-state index is 5.46. The van der Waals surface area contributed by atoms with Crippen LogP contribution >= 0.6 is 11.8 Å². The number of rotatable bonds is 6. The van der Waals surface area contributed by atoms with Crippen LogP contribution in [0.4, 0.5) is 5.82 Å². The summed E-state index contributed by atoms with van der Waals surface area (Å²) < 4.78 is 10.9. The molecule has 0 bridgehead atoms. The highest BCUT2D eigenvalue weighted by atomic mass is 32.2. The minimum Gasteiger partial charge on any atom is -0.468 e. The highest BCUT2D eigenvalue weighted by Crippen LogP contribution is 2.23. The molecule has 1 aliphatic heterocycles. The second-order valence-electron chi connectivity index (χ2n) is 5.93. The number of morpholine rings is 1. The SMILES string of the molecule is c1ccc(-c2nc(CSCc3ccco3)cc(N3CCOCC3)n2)nc1. The molecule has 4 heterocycles. The molecule has 0 unspecified atom stereocenters. The number of anilines is 1. The molecule has 0 atom stereocenters. The van der Waals surface area contributed by atoms with Crippen molar-refractivity contribution in [2.75, 3.05) is 31.2 Å². The average Bonchev–Trinajstić information content (AvgIpc) is 3.23. The molecule has 6 nitrogen and oxygen atoms in total. The lowest BCUT2D eigenvalue weighted by Crippen LogP contribution is -2.37. The molecule has 1 saturated heterocycles. The number of furan rings is 1. The molecular formula is C19H20N4O2S. The molecule has 1 fully saturated rings. The molecule has 4 rings (SSSR count). The van der Waals surface area contributed by atoms with Gasteiger partial charge in [0, 0.05) is 31.1 Å². The van der Waals surface area contributed by atoms with Crippen molar-refractivity contribution < 1.29 is 9.15 Å². The predicted molar refractivity (Wildman–Crippen MR) is 102 cm³/mol. The van der Waals surface area contributed by atoms with E-state index in [4.69, 9.17) is 19.1 Å². The van der Waals surface area contributed by atoms with Crippen LogP contribution in [0.5, 0.6) is 0 Å². The molecule has 3 aromatic rings. The second-order valence-corrected chi connectivity index (χ2v) is 6.91. The summed E-state index contributed by atoms with van der Waals surface area (Å²) >= 11 is 1.78. The lowest BCUT2D eigenvalue weighted by Gasteiger charge is -2.28. The first-order valence-corrected chi connectivity index (χ1v) is 9.76. The Morgan fingerprint density at radius 3 is 2.73 bits per heavy atom. The molecular weight excluding hydrogens is 348 g/mol. The third-order valence-corrected chi connectivity index (χ3v) is 5.06. The Kier molecular flexibility index (Phi) is 5.47. The molecule has 0 radical (unpaired) electrons. The van der Waals surface area contributed by atoms with E-state index in [1.54, 1.807) is 24.2 Å². The zero-order chi connectivity index (χ0) is 17.6. The summed E-state index contributed by atoms with van der Waals surface area (Å²) in [6, 6.07) is 11.8. The normalized spacial score (nSPS) is 14.5. The van der Waals surface area contributed by atoms with Gasteiger partial charge in [-0.05, 0) is 24.3 Å². The van der Waals surface area contributed by atoms with Gasteiger partial charge in [-0.15, -0.1) is 11.8 Å². The first-order valence-electron chi connectivity index (χ1n) is 8.61. The Bertz CT molecular complexity index is 821. The van der Waals surface area contributed by atoms with E-state index in [2.05, 4.69) is 16.0 Å². The summed E-state index contributed by atoms with van der Waals surface area (Å²) in [7, 11) is 0. The van der Waals surface area contributed by atoms with Gasteiger partial charge in [-0.3, -0.25) is 4.98 Å². The summed E-state index contributed by atoms with van der Waals surface area (Å²) in [6.07, 6.45) is 3.47. The average molecular weight is 368 g/mol. The minimum atomic E-state index is 0.670. The lowest BCUT2D eigenvalue weighted by atomic mass is 10.3. The van der Waals surface area contributed by atoms with Gasteiger partial charge < -0.3 is 14.1 Å². The van der Waals surface area contributed by atoms with Gasteiger partial charge in [0.15, 0.2) is 5.82 Å². The van der Waals surface area contributed by atoms with E-state index in [0.29, 0.717) is 5.82 Å². The maximum Gasteiger partial charge on any atom is 0.180 e. The first-order chi connectivity index (χ1) is 12.9. The number of hydrogen-bond acceptors (Lipinski definition) is 7. The fourth-order valence-corrected chi connectivity index (χ4v) is 3.60. The van der Waals surface area contributed by atoms with E-state index < -0.39 is 0 Å². The summed E-state index contributed by atoms with van der Waals surface area (Å²) in [5, 5.41) is 0. The zero-order valence-electron chi connectivity index (χ0n) is 14.4. The molecule has 0 aromatic carbocycles. The second kappa shape index (κ2) is 8.33. The predicted octanol–water partition coefficient (Wildman–Crippen LogP) is 3.40. The molecule has 0 spiro atoms. The summed E-state index contributed by atoms with van der Waals surface area (Å²) in [5.74, 6) is 4.20. The number of nitrogens with zero attached hydrogens (tertiary/aromatic N) is 4. The molecule has 134 valence electrons. The van der Waals surface area contributed by atoms with Crippen LogP contribution in [0.15, 0.2) is 53.3 Å². The molecule has 3 aromatic heterocycles. The zero-order valence-corrected chi connectivity index (χ0v) is 15.2. The van der Waals surface area contributed by atoms with Gasteiger partial charge in [0.05, 0.1) is 30.9 Å². The van der Waals surface area contributed by atoms with Gasteiger partial charge >= 0.3 is 0 Å². The molecule has 0 aliphatic carbocycles. The minimum absolute atomic E-state index is 0.670. The van der Waals surface area contributed by atoms with E-state index in [1.807, 2.05) is 30.3 Å².